The van der Waals surface area contributed by atoms with E-state index in [4.69, 9.17) is 11.6 Å². The quantitative estimate of drug-likeness (QED) is 0.746. The molecule has 1 atom stereocenters. The topological polar surface area (TPSA) is 20.3 Å². The average Bonchev–Trinajstić information content (AvgIpc) is 3.16. The molecule has 1 unspecified atom stereocenters. The van der Waals surface area contributed by atoms with Crippen LogP contribution in [0.5, 0.6) is 0 Å². The molecule has 2 heterocycles. The monoisotopic (exact) mass is 317 g/mol. The first-order chi connectivity index (χ1) is 10.2. The molecule has 1 aromatic carbocycles. The largest absolute Gasteiger partial charge is 0.332 e. The first kappa shape index (κ1) is 14.4. The van der Waals surface area contributed by atoms with Crippen molar-refractivity contribution >= 4 is 34.9 Å². The first-order valence-electron chi connectivity index (χ1n) is 7.02. The Labute approximate surface area is 133 Å². The summed E-state index contributed by atoms with van der Waals surface area (Å²) in [7, 11) is 0. The molecule has 1 fully saturated rings. The number of halogens is 1. The Hall–Kier alpha value is -1.58. The van der Waals surface area contributed by atoms with Crippen molar-refractivity contribution in [3.05, 3.63) is 63.3 Å². The molecular weight excluding hydrogens is 302 g/mol. The summed E-state index contributed by atoms with van der Waals surface area (Å²) < 4.78 is 0. The van der Waals surface area contributed by atoms with Gasteiger partial charge in [-0.15, -0.1) is 11.3 Å². The SMILES string of the molecule is O=C(C=Cc1cccs1)N1CCCC1c1cccc(Cl)c1. The van der Waals surface area contributed by atoms with Crippen molar-refractivity contribution < 1.29 is 4.79 Å². The average molecular weight is 318 g/mol. The van der Waals surface area contributed by atoms with Crippen LogP contribution in [0.15, 0.2) is 47.9 Å². The van der Waals surface area contributed by atoms with Crippen molar-refractivity contribution in [1.82, 2.24) is 4.90 Å². The first-order valence-corrected chi connectivity index (χ1v) is 8.27. The summed E-state index contributed by atoms with van der Waals surface area (Å²) in [5.74, 6) is 0.0749. The molecule has 108 valence electrons. The highest BCUT2D eigenvalue weighted by Crippen LogP contribution is 2.33. The van der Waals surface area contributed by atoms with Crippen molar-refractivity contribution in [2.45, 2.75) is 18.9 Å². The number of carbonyl (C=O) groups excluding carboxylic acids is 1. The molecule has 0 aliphatic carbocycles. The maximum Gasteiger partial charge on any atom is 0.247 e. The number of hydrogen-bond acceptors (Lipinski definition) is 2. The molecule has 1 aliphatic rings. The van der Waals surface area contributed by atoms with Crippen LogP contribution < -0.4 is 0 Å². The minimum absolute atomic E-state index is 0.0749. The minimum atomic E-state index is 0.0749. The van der Waals surface area contributed by atoms with Crippen LogP contribution in [0.1, 0.15) is 29.3 Å². The zero-order chi connectivity index (χ0) is 14.7. The Kier molecular flexibility index (Phi) is 4.42. The number of hydrogen-bond donors (Lipinski definition) is 0. The lowest BCUT2D eigenvalue weighted by Crippen LogP contribution is -2.28. The summed E-state index contributed by atoms with van der Waals surface area (Å²) in [4.78, 5) is 15.5. The van der Waals surface area contributed by atoms with Crippen molar-refractivity contribution in [3.8, 4) is 0 Å². The summed E-state index contributed by atoms with van der Waals surface area (Å²) in [6, 6.07) is 11.9. The molecule has 2 nitrogen and oxygen atoms in total. The lowest BCUT2D eigenvalue weighted by molar-refractivity contribution is -0.126. The van der Waals surface area contributed by atoms with Gasteiger partial charge in [0.1, 0.15) is 0 Å². The third-order valence-corrected chi connectivity index (χ3v) is 4.78. The summed E-state index contributed by atoms with van der Waals surface area (Å²) in [6.45, 7) is 0.810. The number of rotatable bonds is 3. The van der Waals surface area contributed by atoms with Crippen LogP contribution in [0.2, 0.25) is 5.02 Å². The molecule has 2 aromatic rings. The zero-order valence-corrected chi connectivity index (χ0v) is 13.1. The highest BCUT2D eigenvalue weighted by molar-refractivity contribution is 7.10. The van der Waals surface area contributed by atoms with Gasteiger partial charge in [-0.1, -0.05) is 29.8 Å². The molecule has 3 rings (SSSR count). The van der Waals surface area contributed by atoms with Crippen LogP contribution in [0.4, 0.5) is 0 Å². The fourth-order valence-corrected chi connectivity index (χ4v) is 3.54. The zero-order valence-electron chi connectivity index (χ0n) is 11.5. The summed E-state index contributed by atoms with van der Waals surface area (Å²) in [5, 5.41) is 2.73. The van der Waals surface area contributed by atoms with Gasteiger partial charge in [-0.2, -0.15) is 0 Å². The van der Waals surface area contributed by atoms with Gasteiger partial charge in [-0.25, -0.2) is 0 Å². The normalized spacial score (nSPS) is 18.5. The van der Waals surface area contributed by atoms with E-state index in [1.54, 1.807) is 17.4 Å². The lowest BCUT2D eigenvalue weighted by Gasteiger charge is -2.24. The number of carbonyl (C=O) groups is 1. The summed E-state index contributed by atoms with van der Waals surface area (Å²) in [5.41, 5.74) is 1.12. The van der Waals surface area contributed by atoms with E-state index in [1.807, 2.05) is 52.8 Å². The summed E-state index contributed by atoms with van der Waals surface area (Å²) >= 11 is 7.69. The molecule has 0 radical (unpaired) electrons. The second-order valence-corrected chi connectivity index (χ2v) is 6.51. The van der Waals surface area contributed by atoms with E-state index in [2.05, 4.69) is 0 Å². The van der Waals surface area contributed by atoms with Gasteiger partial charge in [0.2, 0.25) is 5.91 Å². The number of nitrogens with zero attached hydrogens (tertiary/aromatic N) is 1. The Morgan fingerprint density at radius 1 is 1.33 bits per heavy atom. The van der Waals surface area contributed by atoms with Gasteiger partial charge in [0.05, 0.1) is 6.04 Å². The highest BCUT2D eigenvalue weighted by Gasteiger charge is 2.28. The number of thiophene rings is 1. The van der Waals surface area contributed by atoms with E-state index in [0.717, 1.165) is 34.8 Å². The van der Waals surface area contributed by atoms with E-state index in [9.17, 15) is 4.79 Å². The predicted octanol–water partition coefficient (Wildman–Crippen LogP) is 4.78. The molecule has 1 saturated heterocycles. The van der Waals surface area contributed by atoms with Crippen LogP contribution in [0, 0.1) is 0 Å². The smallest absolute Gasteiger partial charge is 0.247 e. The van der Waals surface area contributed by atoms with Gasteiger partial charge in [0.15, 0.2) is 0 Å². The van der Waals surface area contributed by atoms with Crippen LogP contribution in [-0.2, 0) is 4.79 Å². The number of benzene rings is 1. The Morgan fingerprint density at radius 3 is 3.00 bits per heavy atom. The molecule has 0 saturated carbocycles. The number of amides is 1. The van der Waals surface area contributed by atoms with Gasteiger partial charge >= 0.3 is 0 Å². The van der Waals surface area contributed by atoms with E-state index in [0.29, 0.717) is 0 Å². The minimum Gasteiger partial charge on any atom is -0.332 e. The Balaban J connectivity index is 1.76. The maximum absolute atomic E-state index is 12.4. The fourth-order valence-electron chi connectivity index (χ4n) is 2.73. The van der Waals surface area contributed by atoms with Gasteiger partial charge in [0, 0.05) is 22.5 Å². The van der Waals surface area contributed by atoms with Gasteiger partial charge in [0.25, 0.3) is 0 Å². The van der Waals surface area contributed by atoms with Crippen molar-refractivity contribution in [1.29, 1.82) is 0 Å². The van der Waals surface area contributed by atoms with Crippen LogP contribution >= 0.6 is 22.9 Å². The summed E-state index contributed by atoms with van der Waals surface area (Å²) in [6.07, 6.45) is 5.60. The molecule has 0 bridgehead atoms. The molecule has 0 N–H and O–H groups in total. The molecule has 0 spiro atoms. The number of likely N-dealkylation sites (tertiary alicyclic amines) is 1. The standard InChI is InChI=1S/C17H16ClNOS/c18-14-5-1-4-13(12-14)16-7-2-10-19(16)17(20)9-8-15-6-3-11-21-15/h1,3-6,8-9,11-12,16H,2,7,10H2. The molecule has 21 heavy (non-hydrogen) atoms. The van der Waals surface area contributed by atoms with E-state index >= 15 is 0 Å². The van der Waals surface area contributed by atoms with Gasteiger partial charge in [-0.05, 0) is 48.1 Å². The Bertz CT molecular complexity index is 651. The maximum atomic E-state index is 12.4. The van der Waals surface area contributed by atoms with Gasteiger partial charge in [-0.3, -0.25) is 4.79 Å². The van der Waals surface area contributed by atoms with Crippen LogP contribution in [0.25, 0.3) is 6.08 Å². The lowest BCUT2D eigenvalue weighted by atomic mass is 10.0. The third kappa shape index (κ3) is 3.36. The second kappa shape index (κ2) is 6.46. The van der Waals surface area contributed by atoms with Gasteiger partial charge < -0.3 is 4.90 Å². The fraction of sp³-hybridized carbons (Fsp3) is 0.235. The van der Waals surface area contributed by atoms with E-state index < -0.39 is 0 Å². The van der Waals surface area contributed by atoms with Crippen molar-refractivity contribution in [2.75, 3.05) is 6.54 Å². The van der Waals surface area contributed by atoms with Crippen LogP contribution in [-0.4, -0.2) is 17.4 Å². The van der Waals surface area contributed by atoms with Crippen molar-refractivity contribution in [3.63, 3.8) is 0 Å². The highest BCUT2D eigenvalue weighted by atomic mass is 35.5. The van der Waals surface area contributed by atoms with E-state index in [-0.39, 0.29) is 11.9 Å². The van der Waals surface area contributed by atoms with Crippen LogP contribution in [0.3, 0.4) is 0 Å². The molecule has 1 aliphatic heterocycles. The van der Waals surface area contributed by atoms with E-state index in [1.165, 1.54) is 0 Å². The molecule has 1 aromatic heterocycles. The Morgan fingerprint density at radius 2 is 2.24 bits per heavy atom. The molecule has 4 heteroatoms. The third-order valence-electron chi connectivity index (χ3n) is 3.70. The predicted molar refractivity (Wildman–Crippen MR) is 88.5 cm³/mol. The molecule has 1 amide bonds. The second-order valence-electron chi connectivity index (χ2n) is 5.09. The van der Waals surface area contributed by atoms with Crippen molar-refractivity contribution in [2.24, 2.45) is 0 Å². The molecular formula is C17H16ClNOS.